The first kappa shape index (κ1) is 9.43. The lowest BCUT2D eigenvalue weighted by atomic mass is 10.3. The molecule has 70 valence electrons. The molecular weight excluding hydrogens is 184 g/mol. The number of carbonyl (C=O) groups excluding carboxylic acids is 1. The lowest BCUT2D eigenvalue weighted by Crippen LogP contribution is -2.55. The molecule has 0 aliphatic carbocycles. The van der Waals surface area contributed by atoms with Gasteiger partial charge in [0.05, 0.1) is 7.11 Å². The van der Waals surface area contributed by atoms with Crippen LogP contribution in [0.15, 0.2) is 0 Å². The first-order valence-corrected chi connectivity index (χ1v) is 4.99. The van der Waals surface area contributed by atoms with Crippen LogP contribution in [0.1, 0.15) is 0 Å². The second-order valence-electron chi connectivity index (χ2n) is 2.41. The lowest BCUT2D eigenvalue weighted by molar-refractivity contribution is -0.142. The number of rotatable bonds is 1. The Kier molecular flexibility index (Phi) is 2.65. The molecule has 1 unspecified atom stereocenters. The quantitative estimate of drug-likeness (QED) is 0.472. The zero-order valence-electron chi connectivity index (χ0n) is 6.53. The Morgan fingerprint density at radius 2 is 2.25 bits per heavy atom. The van der Waals surface area contributed by atoms with E-state index < -0.39 is 22.0 Å². The van der Waals surface area contributed by atoms with Crippen molar-refractivity contribution in [3.63, 3.8) is 0 Å². The van der Waals surface area contributed by atoms with Gasteiger partial charge >= 0.3 is 5.97 Å². The number of hydrogen-bond acceptors (Lipinski definition) is 5. The van der Waals surface area contributed by atoms with E-state index in [0.717, 1.165) is 0 Å². The number of sulfonamides is 1. The lowest BCUT2D eigenvalue weighted by Gasteiger charge is -2.21. The molecule has 0 aromatic carbocycles. The zero-order valence-corrected chi connectivity index (χ0v) is 7.35. The number of ether oxygens (including phenoxy) is 1. The van der Waals surface area contributed by atoms with Crippen molar-refractivity contribution in [2.75, 3.05) is 19.5 Å². The molecule has 7 heteroatoms. The maximum atomic E-state index is 10.9. The van der Waals surface area contributed by atoms with Gasteiger partial charge in [0.15, 0.2) is 0 Å². The summed E-state index contributed by atoms with van der Waals surface area (Å²) >= 11 is 0. The predicted molar refractivity (Wildman–Crippen MR) is 40.7 cm³/mol. The third-order valence-electron chi connectivity index (χ3n) is 1.45. The summed E-state index contributed by atoms with van der Waals surface area (Å²) in [6.07, 6.45) is 0. The molecule has 1 fully saturated rings. The fraction of sp³-hybridized carbons (Fsp3) is 0.800. The van der Waals surface area contributed by atoms with Crippen molar-refractivity contribution in [1.82, 2.24) is 10.0 Å². The van der Waals surface area contributed by atoms with Gasteiger partial charge in [-0.25, -0.2) is 8.42 Å². The number of hydrogen-bond donors (Lipinski definition) is 2. The maximum Gasteiger partial charge on any atom is 0.325 e. The van der Waals surface area contributed by atoms with Crippen molar-refractivity contribution < 1.29 is 17.9 Å². The molecule has 0 bridgehead atoms. The van der Waals surface area contributed by atoms with Gasteiger partial charge in [0.2, 0.25) is 10.0 Å². The third kappa shape index (κ3) is 2.16. The molecule has 0 saturated carbocycles. The van der Waals surface area contributed by atoms with Gasteiger partial charge in [0.25, 0.3) is 0 Å². The summed E-state index contributed by atoms with van der Waals surface area (Å²) in [6.45, 7) is 0.270. The van der Waals surface area contributed by atoms with Crippen LogP contribution in [-0.2, 0) is 19.6 Å². The standard InChI is InChI=1S/C5H10N2O4S/c1-11-5(8)4-2-6-3-12(9,10)7-4/h4,6-7H,2-3H2,1H3. The van der Waals surface area contributed by atoms with Gasteiger partial charge in [0.1, 0.15) is 11.9 Å². The van der Waals surface area contributed by atoms with Crippen molar-refractivity contribution >= 4 is 16.0 Å². The maximum absolute atomic E-state index is 10.9. The molecule has 0 aromatic rings. The predicted octanol–water partition coefficient (Wildman–Crippen LogP) is -1.99. The van der Waals surface area contributed by atoms with Crippen molar-refractivity contribution in [2.45, 2.75) is 6.04 Å². The second kappa shape index (κ2) is 3.38. The van der Waals surface area contributed by atoms with Crippen LogP contribution in [-0.4, -0.2) is 40.0 Å². The molecule has 6 nitrogen and oxygen atoms in total. The number of carbonyl (C=O) groups is 1. The molecule has 2 N–H and O–H groups in total. The number of nitrogens with one attached hydrogen (secondary N) is 2. The van der Waals surface area contributed by atoms with Crippen LogP contribution in [0.3, 0.4) is 0 Å². The molecule has 1 atom stereocenters. The van der Waals surface area contributed by atoms with Crippen LogP contribution in [0, 0.1) is 0 Å². The summed E-state index contributed by atoms with van der Waals surface area (Å²) in [7, 11) is -2.14. The molecule has 0 amide bonds. The summed E-state index contributed by atoms with van der Waals surface area (Å²) < 4.78 is 28.4. The van der Waals surface area contributed by atoms with Crippen LogP contribution < -0.4 is 10.0 Å². The molecule has 12 heavy (non-hydrogen) atoms. The minimum Gasteiger partial charge on any atom is -0.468 e. The Morgan fingerprint density at radius 1 is 1.58 bits per heavy atom. The highest BCUT2D eigenvalue weighted by Crippen LogP contribution is 1.96. The van der Waals surface area contributed by atoms with Crippen molar-refractivity contribution in [3.8, 4) is 0 Å². The minimum atomic E-state index is -3.35. The molecular formula is C5H10N2O4S. The van der Waals surface area contributed by atoms with Gasteiger partial charge in [-0.05, 0) is 0 Å². The zero-order chi connectivity index (χ0) is 9.19. The Balaban J connectivity index is 2.64. The van der Waals surface area contributed by atoms with E-state index in [1.807, 2.05) is 0 Å². The largest absolute Gasteiger partial charge is 0.468 e. The van der Waals surface area contributed by atoms with Crippen LogP contribution in [0.2, 0.25) is 0 Å². The van der Waals surface area contributed by atoms with E-state index in [-0.39, 0.29) is 12.4 Å². The van der Waals surface area contributed by atoms with E-state index in [2.05, 4.69) is 14.8 Å². The summed E-state index contributed by atoms with van der Waals surface area (Å²) in [5, 5.41) is 2.59. The fourth-order valence-corrected chi connectivity index (χ4v) is 1.99. The summed E-state index contributed by atoms with van der Waals surface area (Å²) in [6, 6.07) is -0.797. The summed E-state index contributed by atoms with van der Waals surface area (Å²) in [5.41, 5.74) is 0. The van der Waals surface area contributed by atoms with Crippen molar-refractivity contribution in [2.24, 2.45) is 0 Å². The van der Waals surface area contributed by atoms with Crippen LogP contribution in [0.25, 0.3) is 0 Å². The molecule has 0 spiro atoms. The van der Waals surface area contributed by atoms with Gasteiger partial charge in [-0.15, -0.1) is 0 Å². The van der Waals surface area contributed by atoms with Gasteiger partial charge < -0.3 is 10.1 Å². The molecule has 0 aromatic heterocycles. The number of methoxy groups -OCH3 is 1. The van der Waals surface area contributed by atoms with E-state index >= 15 is 0 Å². The SMILES string of the molecule is COC(=O)C1CNCS(=O)(=O)N1. The highest BCUT2D eigenvalue weighted by molar-refractivity contribution is 7.89. The van der Waals surface area contributed by atoms with Crippen molar-refractivity contribution in [1.29, 1.82) is 0 Å². The van der Waals surface area contributed by atoms with E-state index in [4.69, 9.17) is 0 Å². The molecule has 1 aliphatic rings. The van der Waals surface area contributed by atoms with Crippen LogP contribution in [0.4, 0.5) is 0 Å². The van der Waals surface area contributed by atoms with E-state index in [9.17, 15) is 13.2 Å². The normalized spacial score (nSPS) is 27.9. The van der Waals surface area contributed by atoms with Gasteiger partial charge in [-0.3, -0.25) is 4.79 Å². The molecule has 1 aliphatic heterocycles. The highest BCUT2D eigenvalue weighted by Gasteiger charge is 2.28. The second-order valence-corrected chi connectivity index (χ2v) is 4.16. The van der Waals surface area contributed by atoms with Gasteiger partial charge in [-0.1, -0.05) is 0 Å². The van der Waals surface area contributed by atoms with Gasteiger partial charge in [-0.2, -0.15) is 4.72 Å². The molecule has 0 radical (unpaired) electrons. The van der Waals surface area contributed by atoms with E-state index in [1.54, 1.807) is 0 Å². The fourth-order valence-electron chi connectivity index (χ4n) is 0.911. The Labute approximate surface area is 70.3 Å². The average molecular weight is 194 g/mol. The first-order chi connectivity index (χ1) is 5.55. The Bertz CT molecular complexity index is 273. The Morgan fingerprint density at radius 3 is 2.75 bits per heavy atom. The highest BCUT2D eigenvalue weighted by atomic mass is 32.2. The van der Waals surface area contributed by atoms with Crippen LogP contribution >= 0.6 is 0 Å². The monoisotopic (exact) mass is 194 g/mol. The van der Waals surface area contributed by atoms with Gasteiger partial charge in [0, 0.05) is 6.54 Å². The average Bonchev–Trinajstić information content (AvgIpc) is 2.01. The topological polar surface area (TPSA) is 84.5 Å². The van der Waals surface area contributed by atoms with E-state index in [1.165, 1.54) is 7.11 Å². The molecule has 1 rings (SSSR count). The summed E-state index contributed by atoms with van der Waals surface area (Å²) in [4.78, 5) is 10.9. The number of esters is 1. The molecule has 1 heterocycles. The van der Waals surface area contributed by atoms with Crippen LogP contribution in [0.5, 0.6) is 0 Å². The Hall–Kier alpha value is -0.660. The summed E-state index contributed by atoms with van der Waals surface area (Å²) in [5.74, 6) is -0.730. The third-order valence-corrected chi connectivity index (χ3v) is 2.68. The smallest absolute Gasteiger partial charge is 0.325 e. The first-order valence-electron chi connectivity index (χ1n) is 3.34. The van der Waals surface area contributed by atoms with E-state index in [0.29, 0.717) is 0 Å². The van der Waals surface area contributed by atoms with Crippen molar-refractivity contribution in [3.05, 3.63) is 0 Å². The molecule has 1 saturated heterocycles. The minimum absolute atomic E-state index is 0.152.